The fourth-order valence-corrected chi connectivity index (χ4v) is 2.54. The number of aliphatic hydroxyl groups excluding tert-OH is 1. The van der Waals surface area contributed by atoms with Gasteiger partial charge in [-0.2, -0.15) is 0 Å². The van der Waals surface area contributed by atoms with E-state index in [0.29, 0.717) is 36.3 Å². The van der Waals surface area contributed by atoms with E-state index >= 15 is 0 Å². The van der Waals surface area contributed by atoms with Crippen molar-refractivity contribution in [2.45, 2.75) is 39.5 Å². The van der Waals surface area contributed by atoms with Gasteiger partial charge in [0.05, 0.1) is 18.2 Å². The molecule has 0 spiro atoms. The van der Waals surface area contributed by atoms with E-state index in [1.807, 2.05) is 63.2 Å². The summed E-state index contributed by atoms with van der Waals surface area (Å²) in [7, 11) is 0. The van der Waals surface area contributed by atoms with Gasteiger partial charge in [0.2, 0.25) is 0 Å². The Labute approximate surface area is 154 Å². The Hall–Kier alpha value is -1.75. The molecule has 5 heteroatoms. The minimum absolute atomic E-state index is 0.0529. The zero-order chi connectivity index (χ0) is 18.3. The molecule has 2 N–H and O–H groups in total. The molecule has 0 fully saturated rings. The van der Waals surface area contributed by atoms with E-state index in [1.165, 1.54) is 0 Å². The van der Waals surface area contributed by atoms with Crippen LogP contribution < -0.4 is 14.8 Å². The summed E-state index contributed by atoms with van der Waals surface area (Å²) in [6.45, 7) is 7.38. The predicted molar refractivity (Wildman–Crippen MR) is 101 cm³/mol. The molecular formula is C20H26ClNO3. The maximum atomic E-state index is 9.35. The number of hydrogen-bond acceptors (Lipinski definition) is 4. The second kappa shape index (κ2) is 9.09. The Bertz CT molecular complexity index is 674. The van der Waals surface area contributed by atoms with Gasteiger partial charge in [-0.15, -0.1) is 0 Å². The van der Waals surface area contributed by atoms with E-state index in [1.54, 1.807) is 0 Å². The third-order valence-electron chi connectivity index (χ3n) is 3.76. The third-order valence-corrected chi connectivity index (χ3v) is 4.04. The van der Waals surface area contributed by atoms with E-state index in [2.05, 4.69) is 5.32 Å². The van der Waals surface area contributed by atoms with Crippen LogP contribution in [0, 0.1) is 0 Å². The van der Waals surface area contributed by atoms with Crippen LogP contribution in [0.2, 0.25) is 5.02 Å². The van der Waals surface area contributed by atoms with Crippen LogP contribution in [0.15, 0.2) is 42.5 Å². The molecule has 0 aliphatic carbocycles. The lowest BCUT2D eigenvalue weighted by Crippen LogP contribution is -2.42. The summed E-state index contributed by atoms with van der Waals surface area (Å²) in [5.41, 5.74) is 1.68. The molecule has 4 nitrogen and oxygen atoms in total. The number of nitrogens with one attached hydrogen (secondary N) is 1. The highest BCUT2D eigenvalue weighted by Gasteiger charge is 2.17. The molecule has 0 saturated carbocycles. The number of benzene rings is 2. The number of hydrogen-bond donors (Lipinski definition) is 2. The molecule has 0 heterocycles. The van der Waals surface area contributed by atoms with Gasteiger partial charge in [0.15, 0.2) is 11.5 Å². The third kappa shape index (κ3) is 5.92. The molecule has 0 unspecified atom stereocenters. The largest absolute Gasteiger partial charge is 0.490 e. The minimum atomic E-state index is -0.360. The smallest absolute Gasteiger partial charge is 0.180 e. The summed E-state index contributed by atoms with van der Waals surface area (Å²) < 4.78 is 11.6. The second-order valence-electron chi connectivity index (χ2n) is 6.51. The van der Waals surface area contributed by atoms with Gasteiger partial charge in [-0.3, -0.25) is 0 Å². The van der Waals surface area contributed by atoms with E-state index < -0.39 is 0 Å². The van der Waals surface area contributed by atoms with Crippen LogP contribution in [0.1, 0.15) is 31.9 Å². The van der Waals surface area contributed by atoms with E-state index in [9.17, 15) is 5.11 Å². The van der Waals surface area contributed by atoms with E-state index in [4.69, 9.17) is 21.1 Å². The first kappa shape index (κ1) is 19.6. The summed E-state index contributed by atoms with van der Waals surface area (Å²) >= 11 is 6.44. The highest BCUT2D eigenvalue weighted by Crippen LogP contribution is 2.37. The minimum Gasteiger partial charge on any atom is -0.490 e. The van der Waals surface area contributed by atoms with Crippen LogP contribution in [0.4, 0.5) is 0 Å². The topological polar surface area (TPSA) is 50.7 Å². The van der Waals surface area contributed by atoms with Gasteiger partial charge >= 0.3 is 0 Å². The molecule has 0 radical (unpaired) electrons. The van der Waals surface area contributed by atoms with Gasteiger partial charge in [-0.1, -0.05) is 41.9 Å². The van der Waals surface area contributed by atoms with Crippen molar-refractivity contribution >= 4 is 11.6 Å². The predicted octanol–water partition coefficient (Wildman–Crippen LogP) is 4.18. The molecular weight excluding hydrogens is 338 g/mol. The van der Waals surface area contributed by atoms with Crippen molar-refractivity contribution < 1.29 is 14.6 Å². The lowest BCUT2D eigenvalue weighted by Gasteiger charge is -2.24. The molecule has 0 aromatic heterocycles. The average Bonchev–Trinajstić information content (AvgIpc) is 2.60. The standard InChI is InChI=1S/C20H26ClNO3/c1-4-24-18-11-16(12-22-20(2,3)14-23)10-17(21)19(18)25-13-15-8-6-5-7-9-15/h5-11,22-23H,4,12-14H2,1-3H3. The highest BCUT2D eigenvalue weighted by atomic mass is 35.5. The molecule has 0 aliphatic heterocycles. The average molecular weight is 364 g/mol. The van der Waals surface area contributed by atoms with Crippen molar-refractivity contribution in [3.63, 3.8) is 0 Å². The Morgan fingerprint density at radius 1 is 1.08 bits per heavy atom. The van der Waals surface area contributed by atoms with Crippen molar-refractivity contribution in [1.29, 1.82) is 0 Å². The summed E-state index contributed by atoms with van der Waals surface area (Å²) in [6, 6.07) is 13.7. The zero-order valence-corrected chi connectivity index (χ0v) is 15.8. The Kier molecular flexibility index (Phi) is 7.12. The number of aliphatic hydroxyl groups is 1. The van der Waals surface area contributed by atoms with Crippen molar-refractivity contribution in [1.82, 2.24) is 5.32 Å². The lowest BCUT2D eigenvalue weighted by atomic mass is 10.1. The van der Waals surface area contributed by atoms with Crippen LogP contribution in [0.25, 0.3) is 0 Å². The molecule has 136 valence electrons. The normalized spacial score (nSPS) is 11.4. The number of ether oxygens (including phenoxy) is 2. The SMILES string of the molecule is CCOc1cc(CNC(C)(C)CO)cc(Cl)c1OCc1ccccc1. The van der Waals surface area contributed by atoms with Gasteiger partial charge in [0.25, 0.3) is 0 Å². The van der Waals surface area contributed by atoms with Crippen LogP contribution in [0.3, 0.4) is 0 Å². The summed E-state index contributed by atoms with van der Waals surface area (Å²) in [5, 5.41) is 13.2. The quantitative estimate of drug-likeness (QED) is 0.701. The first-order valence-electron chi connectivity index (χ1n) is 8.43. The van der Waals surface area contributed by atoms with Crippen LogP contribution >= 0.6 is 11.6 Å². The molecule has 2 aromatic rings. The van der Waals surface area contributed by atoms with Gasteiger partial charge in [0, 0.05) is 12.1 Å². The maximum Gasteiger partial charge on any atom is 0.180 e. The van der Waals surface area contributed by atoms with Crippen molar-refractivity contribution in [3.8, 4) is 11.5 Å². The Balaban J connectivity index is 2.16. The van der Waals surface area contributed by atoms with E-state index in [0.717, 1.165) is 11.1 Å². The first-order chi connectivity index (χ1) is 11.9. The van der Waals surface area contributed by atoms with Crippen LogP contribution in [-0.4, -0.2) is 23.9 Å². The first-order valence-corrected chi connectivity index (χ1v) is 8.81. The van der Waals surface area contributed by atoms with Gasteiger partial charge < -0.3 is 19.9 Å². The Morgan fingerprint density at radius 2 is 1.80 bits per heavy atom. The zero-order valence-electron chi connectivity index (χ0n) is 15.0. The van der Waals surface area contributed by atoms with E-state index in [-0.39, 0.29) is 12.1 Å². The van der Waals surface area contributed by atoms with Crippen molar-refractivity contribution in [2.75, 3.05) is 13.2 Å². The van der Waals surface area contributed by atoms with Crippen molar-refractivity contribution in [3.05, 3.63) is 58.6 Å². The van der Waals surface area contributed by atoms with Crippen molar-refractivity contribution in [2.24, 2.45) is 0 Å². The molecule has 0 bridgehead atoms. The highest BCUT2D eigenvalue weighted by molar-refractivity contribution is 6.32. The van der Waals surface area contributed by atoms with Crippen LogP contribution in [0.5, 0.6) is 11.5 Å². The summed E-state index contributed by atoms with van der Waals surface area (Å²) in [6.07, 6.45) is 0. The fraction of sp³-hybridized carbons (Fsp3) is 0.400. The fourth-order valence-electron chi connectivity index (χ4n) is 2.25. The maximum absolute atomic E-state index is 9.35. The van der Waals surface area contributed by atoms with Gasteiger partial charge in [-0.25, -0.2) is 0 Å². The number of rotatable bonds is 9. The molecule has 25 heavy (non-hydrogen) atoms. The monoisotopic (exact) mass is 363 g/mol. The molecule has 0 saturated heterocycles. The van der Waals surface area contributed by atoms with Gasteiger partial charge in [-0.05, 0) is 44.0 Å². The lowest BCUT2D eigenvalue weighted by molar-refractivity contribution is 0.187. The van der Waals surface area contributed by atoms with Gasteiger partial charge in [0.1, 0.15) is 6.61 Å². The Morgan fingerprint density at radius 3 is 2.44 bits per heavy atom. The molecule has 0 aliphatic rings. The molecule has 0 amide bonds. The molecule has 2 aromatic carbocycles. The summed E-state index contributed by atoms with van der Waals surface area (Å²) in [4.78, 5) is 0. The second-order valence-corrected chi connectivity index (χ2v) is 6.91. The molecule has 2 rings (SSSR count). The van der Waals surface area contributed by atoms with Crippen LogP contribution in [-0.2, 0) is 13.2 Å². The summed E-state index contributed by atoms with van der Waals surface area (Å²) in [5.74, 6) is 1.18. The number of halogens is 1. The molecule has 0 atom stereocenters.